The van der Waals surface area contributed by atoms with E-state index in [-0.39, 0.29) is 35.6 Å². The fourth-order valence-electron chi connectivity index (χ4n) is 5.91. The van der Waals surface area contributed by atoms with Crippen LogP contribution >= 0.6 is 0 Å². The first-order valence-electron chi connectivity index (χ1n) is 14.9. The predicted molar refractivity (Wildman–Crippen MR) is 176 cm³/mol. The monoisotopic (exact) mass is 691 g/mol. The number of nitrogens with one attached hydrogen (secondary N) is 1. The molecule has 49 heavy (non-hydrogen) atoms. The summed E-state index contributed by atoms with van der Waals surface area (Å²) >= 11 is 0. The maximum atomic E-state index is 13.2. The molecule has 0 bridgehead atoms. The van der Waals surface area contributed by atoms with Gasteiger partial charge in [-0.05, 0) is 55.3 Å². The van der Waals surface area contributed by atoms with Crippen molar-refractivity contribution in [2.75, 3.05) is 32.4 Å². The van der Waals surface area contributed by atoms with Crippen LogP contribution in [0.4, 0.5) is 11.4 Å². The van der Waals surface area contributed by atoms with Gasteiger partial charge >= 0.3 is 0 Å². The summed E-state index contributed by atoms with van der Waals surface area (Å²) < 4.78 is 25.9. The normalized spacial score (nSPS) is 13.9. The number of nitro benzene ring substituents is 2. The third-order valence-electron chi connectivity index (χ3n) is 7.97. The van der Waals surface area contributed by atoms with Crippen LogP contribution in [0.3, 0.4) is 0 Å². The number of carbonyl (C=O) groups excluding carboxylic acids is 4. The Bertz CT molecular complexity index is 2040. The summed E-state index contributed by atoms with van der Waals surface area (Å²) in [6, 6.07) is 14.9. The van der Waals surface area contributed by atoms with Crippen LogP contribution in [0.2, 0.25) is 0 Å². The van der Waals surface area contributed by atoms with E-state index >= 15 is 0 Å². The van der Waals surface area contributed by atoms with Crippen molar-refractivity contribution in [3.05, 3.63) is 103 Å². The molecule has 6 rings (SSSR count). The average molecular weight is 692 g/mol. The highest BCUT2D eigenvalue weighted by molar-refractivity contribution is 7.85. The quantitative estimate of drug-likeness (QED) is 0.0749. The molecule has 0 fully saturated rings. The van der Waals surface area contributed by atoms with Gasteiger partial charge in [-0.15, -0.1) is 0 Å². The Balaban J connectivity index is 0.000000874. The molecule has 0 saturated carbocycles. The first-order chi connectivity index (χ1) is 23.2. The predicted octanol–water partition coefficient (Wildman–Crippen LogP) is 3.97. The molecule has 4 aromatic carbocycles. The van der Waals surface area contributed by atoms with Gasteiger partial charge in [0, 0.05) is 59.3 Å². The van der Waals surface area contributed by atoms with E-state index in [9.17, 15) is 47.8 Å². The van der Waals surface area contributed by atoms with Gasteiger partial charge in [-0.2, -0.15) is 8.42 Å². The number of amides is 4. The second kappa shape index (κ2) is 13.8. The molecule has 4 amide bonds. The van der Waals surface area contributed by atoms with Gasteiger partial charge in [0.2, 0.25) is 0 Å². The molecule has 16 nitrogen and oxygen atoms in total. The minimum Gasteiger partial charge on any atom is -0.317 e. The molecule has 0 unspecified atom stereocenters. The van der Waals surface area contributed by atoms with E-state index in [2.05, 4.69) is 5.32 Å². The number of unbranched alkanes of at least 4 members (excludes halogenated alkanes) is 1. The Morgan fingerprint density at radius 2 is 1.04 bits per heavy atom. The van der Waals surface area contributed by atoms with Crippen LogP contribution in [0.1, 0.15) is 60.7 Å². The zero-order valence-electron chi connectivity index (χ0n) is 26.0. The number of nitro groups is 2. The minimum atomic E-state index is -3.67. The van der Waals surface area contributed by atoms with E-state index in [1.807, 2.05) is 0 Å². The molecule has 0 atom stereocenters. The lowest BCUT2D eigenvalue weighted by Gasteiger charge is -2.27. The lowest BCUT2D eigenvalue weighted by molar-refractivity contribution is -0.384. The summed E-state index contributed by atoms with van der Waals surface area (Å²) in [6.45, 7) is 1.29. The first kappa shape index (κ1) is 34.7. The molecular formula is C32H29N5O11S. The van der Waals surface area contributed by atoms with Crippen LogP contribution in [0.15, 0.2) is 60.7 Å². The summed E-state index contributed by atoms with van der Waals surface area (Å²) in [4.78, 5) is 76.4. The lowest BCUT2D eigenvalue weighted by atomic mass is 9.93. The van der Waals surface area contributed by atoms with Crippen molar-refractivity contribution >= 4 is 66.7 Å². The fourth-order valence-corrected chi connectivity index (χ4v) is 5.91. The number of hydrogen-bond acceptors (Lipinski definition) is 11. The fraction of sp³-hybridized carbons (Fsp3) is 0.250. The number of non-ortho nitro benzene ring substituents is 2. The van der Waals surface area contributed by atoms with Gasteiger partial charge in [0.15, 0.2) is 0 Å². The molecule has 2 heterocycles. The molecule has 2 aliphatic rings. The number of rotatable bonds is 11. The van der Waals surface area contributed by atoms with E-state index in [0.29, 0.717) is 71.3 Å². The maximum Gasteiger partial charge on any atom is 0.270 e. The third-order valence-corrected chi connectivity index (χ3v) is 7.97. The molecule has 0 spiro atoms. The summed E-state index contributed by atoms with van der Waals surface area (Å²) in [5.74, 6) is -2.01. The largest absolute Gasteiger partial charge is 0.317 e. The van der Waals surface area contributed by atoms with E-state index in [4.69, 9.17) is 4.55 Å². The van der Waals surface area contributed by atoms with E-state index < -0.39 is 43.6 Å². The topological polar surface area (TPSA) is 227 Å². The molecular weight excluding hydrogens is 662 g/mol. The van der Waals surface area contributed by atoms with Crippen LogP contribution in [0.25, 0.3) is 21.5 Å². The van der Waals surface area contributed by atoms with E-state index in [0.717, 1.165) is 9.80 Å². The lowest BCUT2D eigenvalue weighted by Crippen LogP contribution is -2.41. The Morgan fingerprint density at radius 3 is 1.47 bits per heavy atom. The van der Waals surface area contributed by atoms with Crippen LogP contribution in [-0.4, -0.2) is 88.7 Å². The summed E-state index contributed by atoms with van der Waals surface area (Å²) in [5, 5.41) is 27.8. The van der Waals surface area contributed by atoms with Crippen molar-refractivity contribution in [1.29, 1.82) is 0 Å². The molecule has 0 saturated heterocycles. The zero-order chi connectivity index (χ0) is 35.6. The van der Waals surface area contributed by atoms with Crippen molar-refractivity contribution < 1.29 is 42.0 Å². The Morgan fingerprint density at radius 1 is 0.653 bits per heavy atom. The summed E-state index contributed by atoms with van der Waals surface area (Å²) in [6.07, 6.45) is 2.27. The first-order valence-corrected chi connectivity index (χ1v) is 16.8. The molecule has 254 valence electrons. The summed E-state index contributed by atoms with van der Waals surface area (Å²) in [7, 11) is -3.67. The van der Waals surface area contributed by atoms with Crippen molar-refractivity contribution in [2.45, 2.75) is 19.3 Å². The van der Waals surface area contributed by atoms with Crippen LogP contribution in [0, 0.1) is 20.2 Å². The van der Waals surface area contributed by atoms with Gasteiger partial charge in [-0.1, -0.05) is 24.3 Å². The number of imide groups is 2. The van der Waals surface area contributed by atoms with Crippen LogP contribution < -0.4 is 5.32 Å². The number of benzene rings is 4. The van der Waals surface area contributed by atoms with Crippen LogP contribution in [-0.2, 0) is 10.1 Å². The molecule has 0 radical (unpaired) electrons. The standard InChI is InChI=1S/C31H25N5O8.CH4O3S/c37-28-22-8-3-6-18-14-20(35(41)42)16-24(26(18)22)30(39)33(28)12-2-1-10-32-11-5-13-34-29(38)23-9-4-7-19-15-21(36(43)44)17-25(27(19)23)31(34)40;1-5(2,3)4/h3-4,6-9,14-17,32H,1-2,5,10-13H2;1H3,(H,2,3,4). The average Bonchev–Trinajstić information content (AvgIpc) is 3.04. The molecule has 17 heteroatoms. The van der Waals surface area contributed by atoms with Gasteiger partial charge in [-0.3, -0.25) is 53.8 Å². The Labute approximate surface area is 278 Å². The zero-order valence-corrected chi connectivity index (χ0v) is 26.8. The van der Waals surface area contributed by atoms with E-state index in [1.165, 1.54) is 24.3 Å². The SMILES string of the molecule is CS(=O)(=O)O.O=C1c2cccc3cc([N+](=O)[O-])cc(c23)C(=O)N1CCCCNCCCN1C(=O)c2cccc3cc([N+](=O)[O-])cc(c23)C1=O. The van der Waals surface area contributed by atoms with Gasteiger partial charge in [0.25, 0.3) is 45.1 Å². The Kier molecular flexibility index (Phi) is 9.79. The van der Waals surface area contributed by atoms with Gasteiger partial charge in [0.1, 0.15) is 0 Å². The van der Waals surface area contributed by atoms with Crippen molar-refractivity contribution in [3.8, 4) is 0 Å². The molecule has 2 aliphatic heterocycles. The second-order valence-corrected chi connectivity index (χ2v) is 12.8. The van der Waals surface area contributed by atoms with Crippen molar-refractivity contribution in [2.24, 2.45) is 0 Å². The molecule has 0 aromatic heterocycles. The van der Waals surface area contributed by atoms with Gasteiger partial charge < -0.3 is 5.32 Å². The highest BCUT2D eigenvalue weighted by atomic mass is 32.2. The Hall–Kier alpha value is -5.65. The van der Waals surface area contributed by atoms with Crippen LogP contribution in [0.5, 0.6) is 0 Å². The minimum absolute atomic E-state index is 0.122. The third kappa shape index (κ3) is 7.28. The van der Waals surface area contributed by atoms with Gasteiger partial charge in [0.05, 0.1) is 27.2 Å². The smallest absolute Gasteiger partial charge is 0.270 e. The van der Waals surface area contributed by atoms with E-state index in [1.54, 1.807) is 36.4 Å². The summed E-state index contributed by atoms with van der Waals surface area (Å²) in [5.41, 5.74) is 0.498. The van der Waals surface area contributed by atoms with Crippen molar-refractivity contribution in [3.63, 3.8) is 0 Å². The van der Waals surface area contributed by atoms with Crippen molar-refractivity contribution in [1.82, 2.24) is 15.1 Å². The molecule has 2 N–H and O–H groups in total. The molecule has 4 aromatic rings. The highest BCUT2D eigenvalue weighted by Crippen LogP contribution is 2.35. The number of hydrogen-bond donors (Lipinski definition) is 2. The second-order valence-electron chi connectivity index (χ2n) is 11.4. The highest BCUT2D eigenvalue weighted by Gasteiger charge is 2.35. The van der Waals surface area contributed by atoms with Gasteiger partial charge in [-0.25, -0.2) is 0 Å². The number of carbonyl (C=O) groups is 4. The number of nitrogens with zero attached hydrogens (tertiary/aromatic N) is 4. The molecule has 0 aliphatic carbocycles. The maximum absolute atomic E-state index is 13.2.